The SMILES string of the molecule is CCCCCc1ccc(C(F)(F)Oc2ccc(-c3cc(F)c(C#N)c(F)c3)cc2)c(F)c1. The van der Waals surface area contributed by atoms with Gasteiger partial charge in [0.15, 0.2) is 0 Å². The molecule has 3 rings (SSSR count). The van der Waals surface area contributed by atoms with Gasteiger partial charge in [0.2, 0.25) is 0 Å². The van der Waals surface area contributed by atoms with Gasteiger partial charge in [-0.2, -0.15) is 14.0 Å². The number of alkyl halides is 2. The van der Waals surface area contributed by atoms with Gasteiger partial charge in [-0.25, -0.2) is 13.2 Å². The quantitative estimate of drug-likeness (QED) is 0.266. The predicted molar refractivity (Wildman–Crippen MR) is 111 cm³/mol. The van der Waals surface area contributed by atoms with E-state index < -0.39 is 34.7 Å². The van der Waals surface area contributed by atoms with Gasteiger partial charge in [0.25, 0.3) is 0 Å². The third-order valence-corrected chi connectivity index (χ3v) is 5.00. The van der Waals surface area contributed by atoms with Crippen LogP contribution in [0.4, 0.5) is 22.0 Å². The Balaban J connectivity index is 1.77. The second kappa shape index (κ2) is 9.82. The predicted octanol–water partition coefficient (Wildman–Crippen LogP) is 7.50. The molecule has 7 heteroatoms. The van der Waals surface area contributed by atoms with E-state index in [2.05, 4.69) is 0 Å². The van der Waals surface area contributed by atoms with Crippen molar-refractivity contribution in [2.45, 2.75) is 38.7 Å². The second-order valence-electron chi connectivity index (χ2n) is 7.34. The number of hydrogen-bond acceptors (Lipinski definition) is 2. The maximum Gasteiger partial charge on any atom is 0.429 e. The Hall–Kier alpha value is -3.40. The van der Waals surface area contributed by atoms with Gasteiger partial charge in [-0.05, 0) is 65.9 Å². The van der Waals surface area contributed by atoms with Crippen LogP contribution in [0, 0.1) is 28.8 Å². The molecule has 0 heterocycles. The Labute approximate surface area is 182 Å². The lowest BCUT2D eigenvalue weighted by Gasteiger charge is -2.19. The number of halogens is 5. The maximum atomic E-state index is 14.6. The Morgan fingerprint density at radius 2 is 1.50 bits per heavy atom. The first-order valence-electron chi connectivity index (χ1n) is 10.1. The second-order valence-corrected chi connectivity index (χ2v) is 7.34. The van der Waals surface area contributed by atoms with Crippen molar-refractivity contribution < 1.29 is 26.7 Å². The van der Waals surface area contributed by atoms with Crippen LogP contribution in [-0.2, 0) is 12.5 Å². The van der Waals surface area contributed by atoms with Crippen LogP contribution in [0.1, 0.15) is 42.9 Å². The summed E-state index contributed by atoms with van der Waals surface area (Å²) in [5.41, 5.74) is -0.488. The number of rotatable bonds is 8. The zero-order valence-electron chi connectivity index (χ0n) is 17.3. The molecule has 0 aliphatic carbocycles. The van der Waals surface area contributed by atoms with Gasteiger partial charge in [0, 0.05) is 0 Å². The van der Waals surface area contributed by atoms with E-state index in [1.54, 1.807) is 0 Å². The van der Waals surface area contributed by atoms with Crippen molar-refractivity contribution >= 4 is 0 Å². The van der Waals surface area contributed by atoms with Crippen molar-refractivity contribution in [2.24, 2.45) is 0 Å². The summed E-state index contributed by atoms with van der Waals surface area (Å²) in [6.45, 7) is 2.04. The molecular formula is C25H20F5NO. The van der Waals surface area contributed by atoms with Crippen LogP contribution in [0.2, 0.25) is 0 Å². The summed E-state index contributed by atoms with van der Waals surface area (Å²) < 4.78 is 75.8. The van der Waals surface area contributed by atoms with Crippen LogP contribution in [0.15, 0.2) is 54.6 Å². The van der Waals surface area contributed by atoms with Gasteiger partial charge in [0.1, 0.15) is 34.8 Å². The van der Waals surface area contributed by atoms with Gasteiger partial charge in [-0.15, -0.1) is 0 Å². The van der Waals surface area contributed by atoms with Crippen molar-refractivity contribution in [3.8, 4) is 22.9 Å². The molecule has 0 radical (unpaired) electrons. The lowest BCUT2D eigenvalue weighted by atomic mass is 10.0. The van der Waals surface area contributed by atoms with Crippen LogP contribution < -0.4 is 4.74 Å². The molecular weight excluding hydrogens is 425 g/mol. The summed E-state index contributed by atoms with van der Waals surface area (Å²) in [5, 5.41) is 8.74. The number of aryl methyl sites for hydroxylation is 1. The van der Waals surface area contributed by atoms with E-state index in [-0.39, 0.29) is 11.3 Å². The minimum Gasteiger partial charge on any atom is -0.429 e. The van der Waals surface area contributed by atoms with Gasteiger partial charge in [0.05, 0.1) is 5.56 Å². The highest BCUT2D eigenvalue weighted by molar-refractivity contribution is 5.65. The molecule has 0 saturated carbocycles. The third-order valence-electron chi connectivity index (χ3n) is 5.00. The smallest absolute Gasteiger partial charge is 0.429 e. The largest absolute Gasteiger partial charge is 0.429 e. The molecule has 0 aliphatic heterocycles. The van der Waals surface area contributed by atoms with E-state index in [1.807, 2.05) is 6.92 Å². The van der Waals surface area contributed by atoms with Crippen molar-refractivity contribution in [3.05, 3.63) is 88.7 Å². The summed E-state index contributed by atoms with van der Waals surface area (Å²) in [4.78, 5) is 0. The highest BCUT2D eigenvalue weighted by atomic mass is 19.3. The number of unbranched alkanes of at least 4 members (excludes halogenated alkanes) is 2. The number of nitriles is 1. The molecule has 166 valence electrons. The highest BCUT2D eigenvalue weighted by Crippen LogP contribution is 2.35. The lowest BCUT2D eigenvalue weighted by molar-refractivity contribution is -0.187. The number of ether oxygens (including phenoxy) is 1. The van der Waals surface area contributed by atoms with Crippen LogP contribution in [0.5, 0.6) is 5.75 Å². The fourth-order valence-electron chi connectivity index (χ4n) is 3.29. The fraction of sp³-hybridized carbons (Fsp3) is 0.240. The van der Waals surface area contributed by atoms with Crippen molar-refractivity contribution in [3.63, 3.8) is 0 Å². The molecule has 0 N–H and O–H groups in total. The normalized spacial score (nSPS) is 11.3. The first-order chi connectivity index (χ1) is 15.2. The average Bonchev–Trinajstić information content (AvgIpc) is 2.74. The molecule has 3 aromatic rings. The minimum atomic E-state index is -3.92. The number of nitrogens with zero attached hydrogens (tertiary/aromatic N) is 1. The summed E-state index contributed by atoms with van der Waals surface area (Å²) in [5.74, 6) is -3.35. The lowest BCUT2D eigenvalue weighted by Crippen LogP contribution is -2.23. The van der Waals surface area contributed by atoms with Crippen LogP contribution in [0.3, 0.4) is 0 Å². The zero-order valence-corrected chi connectivity index (χ0v) is 17.3. The third kappa shape index (κ3) is 5.25. The van der Waals surface area contributed by atoms with Crippen LogP contribution in [-0.4, -0.2) is 0 Å². The summed E-state index contributed by atoms with van der Waals surface area (Å²) in [6, 6.07) is 12.0. The molecule has 0 unspecified atom stereocenters. The van der Waals surface area contributed by atoms with Gasteiger partial charge in [-0.3, -0.25) is 0 Å². The maximum absolute atomic E-state index is 14.6. The molecule has 0 bridgehead atoms. The Kier molecular flexibility index (Phi) is 7.14. The molecule has 0 saturated heterocycles. The average molecular weight is 445 g/mol. The molecule has 2 nitrogen and oxygen atoms in total. The van der Waals surface area contributed by atoms with Crippen molar-refractivity contribution in [1.82, 2.24) is 0 Å². The van der Waals surface area contributed by atoms with E-state index in [4.69, 9.17) is 10.00 Å². The first-order valence-corrected chi connectivity index (χ1v) is 10.1. The summed E-state index contributed by atoms with van der Waals surface area (Å²) in [7, 11) is 0. The Morgan fingerprint density at radius 3 is 2.06 bits per heavy atom. The molecule has 3 aromatic carbocycles. The molecule has 0 amide bonds. The van der Waals surface area contributed by atoms with Gasteiger partial charge >= 0.3 is 6.11 Å². The van der Waals surface area contributed by atoms with Crippen molar-refractivity contribution in [1.29, 1.82) is 5.26 Å². The summed E-state index contributed by atoms with van der Waals surface area (Å²) in [6.07, 6.45) is -0.488. The number of benzene rings is 3. The van der Waals surface area contributed by atoms with E-state index in [0.717, 1.165) is 43.5 Å². The van der Waals surface area contributed by atoms with E-state index in [0.29, 0.717) is 17.5 Å². The number of hydrogen-bond donors (Lipinski definition) is 0. The minimum absolute atomic E-state index is 0.127. The molecule has 0 spiro atoms. The van der Waals surface area contributed by atoms with E-state index >= 15 is 0 Å². The molecule has 0 fully saturated rings. The highest BCUT2D eigenvalue weighted by Gasteiger charge is 2.37. The Morgan fingerprint density at radius 1 is 0.844 bits per heavy atom. The Bertz CT molecular complexity index is 1110. The van der Waals surface area contributed by atoms with Gasteiger partial charge in [-0.1, -0.05) is 38.0 Å². The standard InChI is InChI=1S/C25H20F5NO/c1-2-3-4-5-16-6-11-21(24(28)12-16)25(29,30)32-19-9-7-17(8-10-19)18-13-22(26)20(15-31)23(27)14-18/h6-14H,2-5H2,1H3. The topological polar surface area (TPSA) is 33.0 Å². The van der Waals surface area contributed by atoms with Crippen molar-refractivity contribution in [2.75, 3.05) is 0 Å². The monoisotopic (exact) mass is 445 g/mol. The molecule has 0 aromatic heterocycles. The zero-order chi connectivity index (χ0) is 23.3. The van der Waals surface area contributed by atoms with E-state index in [1.165, 1.54) is 36.4 Å². The van der Waals surface area contributed by atoms with E-state index in [9.17, 15) is 22.0 Å². The fourth-order valence-corrected chi connectivity index (χ4v) is 3.29. The van der Waals surface area contributed by atoms with Gasteiger partial charge < -0.3 is 4.74 Å². The van der Waals surface area contributed by atoms with Crippen LogP contribution in [0.25, 0.3) is 11.1 Å². The molecule has 0 atom stereocenters. The first kappa shape index (κ1) is 23.3. The van der Waals surface area contributed by atoms with Crippen LogP contribution >= 0.6 is 0 Å². The summed E-state index contributed by atoms with van der Waals surface area (Å²) >= 11 is 0. The molecule has 0 aliphatic rings. The molecule has 32 heavy (non-hydrogen) atoms.